The molecule has 0 aliphatic carbocycles. The molecule has 0 aliphatic rings. The van der Waals surface area contributed by atoms with E-state index >= 15 is 0 Å². The number of pyridine rings is 1. The van der Waals surface area contributed by atoms with Crippen molar-refractivity contribution in [2.75, 3.05) is 23.1 Å². The lowest BCUT2D eigenvalue weighted by atomic mass is 10.2. The van der Waals surface area contributed by atoms with Crippen molar-refractivity contribution in [1.29, 1.82) is 0 Å². The maximum atomic E-state index is 12.4. The summed E-state index contributed by atoms with van der Waals surface area (Å²) in [6.45, 7) is 1.46. The van der Waals surface area contributed by atoms with E-state index in [0.717, 1.165) is 17.1 Å². The molecule has 0 spiro atoms. The van der Waals surface area contributed by atoms with Gasteiger partial charge in [0.25, 0.3) is 5.91 Å². The Morgan fingerprint density at radius 1 is 0.857 bits per heavy atom. The highest BCUT2D eigenvalue weighted by atomic mass is 16.5. The van der Waals surface area contributed by atoms with Crippen LogP contribution >= 0.6 is 0 Å². The fraction of sp³-hybridized carbons (Fsp3) is 0.0952. The number of benzene rings is 2. The lowest BCUT2D eigenvalue weighted by Gasteiger charge is -2.10. The van der Waals surface area contributed by atoms with Gasteiger partial charge in [-0.15, -0.1) is 0 Å². The van der Waals surface area contributed by atoms with Gasteiger partial charge in [0.2, 0.25) is 5.91 Å². The van der Waals surface area contributed by atoms with Gasteiger partial charge in [-0.05, 0) is 48.5 Å². The summed E-state index contributed by atoms with van der Waals surface area (Å²) in [4.78, 5) is 27.7. The number of amides is 2. The molecule has 3 rings (SSSR count). The third-order valence-corrected chi connectivity index (χ3v) is 3.85. The number of para-hydroxylation sites is 2. The summed E-state index contributed by atoms with van der Waals surface area (Å²) in [6.07, 6.45) is 1.58. The maximum absolute atomic E-state index is 12.4. The zero-order chi connectivity index (χ0) is 19.9. The molecule has 3 N–H and O–H groups in total. The van der Waals surface area contributed by atoms with Gasteiger partial charge < -0.3 is 20.7 Å². The minimum Gasteiger partial charge on any atom is -0.495 e. The highest BCUT2D eigenvalue weighted by molar-refractivity contribution is 6.03. The molecule has 1 aromatic heterocycles. The summed E-state index contributed by atoms with van der Waals surface area (Å²) < 4.78 is 5.23. The Labute approximate surface area is 162 Å². The van der Waals surface area contributed by atoms with Gasteiger partial charge in [0.1, 0.15) is 11.4 Å². The van der Waals surface area contributed by atoms with E-state index < -0.39 is 0 Å². The van der Waals surface area contributed by atoms with Gasteiger partial charge in [0.05, 0.1) is 24.7 Å². The number of methoxy groups -OCH3 is 1. The SMILES string of the molecule is COc1ccccc1NC(=O)c1ccc(Nc2ccc(NC(C)=O)cc2)cn1. The van der Waals surface area contributed by atoms with Crippen LogP contribution in [0.15, 0.2) is 66.9 Å². The van der Waals surface area contributed by atoms with E-state index in [1.54, 1.807) is 49.7 Å². The molecule has 2 aromatic carbocycles. The number of nitrogens with one attached hydrogen (secondary N) is 3. The standard InChI is InChI=1S/C21H20N4O3/c1-14(26)23-15-7-9-16(10-8-15)24-17-11-12-19(22-13-17)21(27)25-18-5-3-4-6-20(18)28-2/h3-13,24H,1-2H3,(H,23,26)(H,25,27). The Hall–Kier alpha value is -3.87. The highest BCUT2D eigenvalue weighted by Crippen LogP contribution is 2.24. The number of anilines is 4. The van der Waals surface area contributed by atoms with Crippen LogP contribution in [-0.2, 0) is 4.79 Å². The van der Waals surface area contributed by atoms with E-state index in [9.17, 15) is 9.59 Å². The number of rotatable bonds is 6. The summed E-state index contributed by atoms with van der Waals surface area (Å²) in [5.41, 5.74) is 3.17. The normalized spacial score (nSPS) is 10.1. The molecule has 2 amide bonds. The molecule has 0 fully saturated rings. The Bertz CT molecular complexity index is 970. The summed E-state index contributed by atoms with van der Waals surface area (Å²) >= 11 is 0. The van der Waals surface area contributed by atoms with Crippen LogP contribution < -0.4 is 20.7 Å². The molecule has 0 saturated heterocycles. The predicted molar refractivity (Wildman–Crippen MR) is 109 cm³/mol. The van der Waals surface area contributed by atoms with E-state index in [0.29, 0.717) is 11.4 Å². The van der Waals surface area contributed by atoms with Crippen molar-refractivity contribution in [3.8, 4) is 5.75 Å². The van der Waals surface area contributed by atoms with Gasteiger partial charge in [-0.25, -0.2) is 4.98 Å². The molecule has 7 nitrogen and oxygen atoms in total. The molecule has 28 heavy (non-hydrogen) atoms. The van der Waals surface area contributed by atoms with Crippen LogP contribution in [0.1, 0.15) is 17.4 Å². The molecule has 0 radical (unpaired) electrons. The van der Waals surface area contributed by atoms with E-state index in [1.807, 2.05) is 24.3 Å². The molecule has 0 saturated carbocycles. The average Bonchev–Trinajstić information content (AvgIpc) is 2.70. The van der Waals surface area contributed by atoms with E-state index in [-0.39, 0.29) is 17.5 Å². The Morgan fingerprint density at radius 2 is 1.54 bits per heavy atom. The first kappa shape index (κ1) is 18.9. The molecule has 0 unspecified atom stereocenters. The van der Waals surface area contributed by atoms with E-state index in [1.165, 1.54) is 6.92 Å². The second-order valence-electron chi connectivity index (χ2n) is 5.97. The lowest BCUT2D eigenvalue weighted by molar-refractivity contribution is -0.114. The Morgan fingerprint density at radius 3 is 2.18 bits per heavy atom. The van der Waals surface area contributed by atoms with Crippen LogP contribution in [-0.4, -0.2) is 23.9 Å². The van der Waals surface area contributed by atoms with Crippen LogP contribution in [0.3, 0.4) is 0 Å². The molecule has 142 valence electrons. The molecule has 1 heterocycles. The number of nitrogens with zero attached hydrogens (tertiary/aromatic N) is 1. The molecule has 0 aliphatic heterocycles. The fourth-order valence-electron chi connectivity index (χ4n) is 2.54. The van der Waals surface area contributed by atoms with Crippen LogP contribution in [0.2, 0.25) is 0 Å². The molecule has 3 aromatic rings. The van der Waals surface area contributed by atoms with Crippen LogP contribution in [0.4, 0.5) is 22.7 Å². The summed E-state index contributed by atoms with van der Waals surface area (Å²) in [5.74, 6) is 0.138. The first-order valence-corrected chi connectivity index (χ1v) is 8.60. The molecule has 0 bridgehead atoms. The first-order chi connectivity index (χ1) is 13.5. The molecule has 7 heteroatoms. The first-order valence-electron chi connectivity index (χ1n) is 8.60. The third kappa shape index (κ3) is 4.85. The smallest absolute Gasteiger partial charge is 0.274 e. The van der Waals surface area contributed by atoms with E-state index in [2.05, 4.69) is 20.9 Å². The second-order valence-corrected chi connectivity index (χ2v) is 5.97. The van der Waals surface area contributed by atoms with Crippen LogP contribution in [0.25, 0.3) is 0 Å². The number of aromatic nitrogens is 1. The summed E-state index contributed by atoms with van der Waals surface area (Å²) in [6, 6.07) is 17.9. The number of hydrogen-bond acceptors (Lipinski definition) is 5. The van der Waals surface area contributed by atoms with Crippen molar-refractivity contribution < 1.29 is 14.3 Å². The van der Waals surface area contributed by atoms with Gasteiger partial charge in [-0.2, -0.15) is 0 Å². The molecule has 0 atom stereocenters. The quantitative estimate of drug-likeness (QED) is 0.604. The number of carbonyl (C=O) groups excluding carboxylic acids is 2. The zero-order valence-electron chi connectivity index (χ0n) is 15.5. The largest absolute Gasteiger partial charge is 0.495 e. The average molecular weight is 376 g/mol. The number of carbonyl (C=O) groups is 2. The van der Waals surface area contributed by atoms with Gasteiger partial charge in [0, 0.05) is 18.3 Å². The third-order valence-electron chi connectivity index (χ3n) is 3.85. The zero-order valence-corrected chi connectivity index (χ0v) is 15.5. The van der Waals surface area contributed by atoms with E-state index in [4.69, 9.17) is 4.74 Å². The maximum Gasteiger partial charge on any atom is 0.274 e. The minimum absolute atomic E-state index is 0.119. The van der Waals surface area contributed by atoms with Crippen molar-refractivity contribution in [1.82, 2.24) is 4.98 Å². The highest BCUT2D eigenvalue weighted by Gasteiger charge is 2.10. The number of ether oxygens (including phenoxy) is 1. The van der Waals surface area contributed by atoms with Gasteiger partial charge in [-0.1, -0.05) is 12.1 Å². The van der Waals surface area contributed by atoms with Crippen molar-refractivity contribution in [2.45, 2.75) is 6.92 Å². The predicted octanol–water partition coefficient (Wildman–Crippen LogP) is 4.04. The fourth-order valence-corrected chi connectivity index (χ4v) is 2.54. The van der Waals surface area contributed by atoms with Crippen LogP contribution in [0, 0.1) is 0 Å². The van der Waals surface area contributed by atoms with Gasteiger partial charge in [-0.3, -0.25) is 9.59 Å². The topological polar surface area (TPSA) is 92.4 Å². The van der Waals surface area contributed by atoms with Crippen molar-refractivity contribution in [3.05, 3.63) is 72.6 Å². The summed E-state index contributed by atoms with van der Waals surface area (Å²) in [7, 11) is 1.55. The lowest BCUT2D eigenvalue weighted by Crippen LogP contribution is -2.14. The second kappa shape index (κ2) is 8.68. The Kier molecular flexibility index (Phi) is 5.86. The van der Waals surface area contributed by atoms with Crippen molar-refractivity contribution in [2.24, 2.45) is 0 Å². The number of hydrogen-bond donors (Lipinski definition) is 3. The molecular formula is C21H20N4O3. The van der Waals surface area contributed by atoms with Crippen LogP contribution in [0.5, 0.6) is 5.75 Å². The molecular weight excluding hydrogens is 356 g/mol. The van der Waals surface area contributed by atoms with Gasteiger partial charge >= 0.3 is 0 Å². The summed E-state index contributed by atoms with van der Waals surface area (Å²) in [5, 5.41) is 8.69. The van der Waals surface area contributed by atoms with Crippen molar-refractivity contribution >= 4 is 34.6 Å². The van der Waals surface area contributed by atoms with Crippen molar-refractivity contribution in [3.63, 3.8) is 0 Å². The minimum atomic E-state index is -0.323. The monoisotopic (exact) mass is 376 g/mol. The van der Waals surface area contributed by atoms with Gasteiger partial charge in [0.15, 0.2) is 0 Å². The Balaban J connectivity index is 1.64.